The van der Waals surface area contributed by atoms with Gasteiger partial charge in [0.05, 0.1) is 54.8 Å². The van der Waals surface area contributed by atoms with E-state index >= 15 is 13.2 Å². The Morgan fingerprint density at radius 3 is 1.78 bits per heavy atom. The zero-order valence-electron chi connectivity index (χ0n) is 21.7. The first-order valence-corrected chi connectivity index (χ1v) is 11.8. The molecule has 15 heteroatoms. The van der Waals surface area contributed by atoms with Crippen molar-refractivity contribution in [2.24, 2.45) is 0 Å². The normalized spacial score (nSPS) is 14.7. The van der Waals surface area contributed by atoms with Crippen LogP contribution in [0.1, 0.15) is 39.2 Å². The van der Waals surface area contributed by atoms with Gasteiger partial charge in [0, 0.05) is 28.5 Å². The fourth-order valence-electron chi connectivity index (χ4n) is 4.96. The summed E-state index contributed by atoms with van der Waals surface area (Å²) < 4.78 is 47.2. The predicted molar refractivity (Wildman–Crippen MR) is 145 cm³/mol. The van der Waals surface area contributed by atoms with Crippen LogP contribution in [-0.2, 0) is 0 Å². The van der Waals surface area contributed by atoms with Crippen LogP contribution in [0.15, 0.2) is 29.9 Å². The molecule has 0 radical (unpaired) electrons. The Balaban J connectivity index is 2.00. The van der Waals surface area contributed by atoms with Crippen LogP contribution in [0.2, 0.25) is 0 Å². The van der Waals surface area contributed by atoms with Crippen molar-refractivity contribution in [1.29, 1.82) is 21.0 Å². The number of hydrogen-bond acceptors (Lipinski definition) is 8. The smallest absolute Gasteiger partial charge is 0.374 e. The molecule has 0 fully saturated rings. The molecule has 0 spiro atoms. The van der Waals surface area contributed by atoms with Crippen molar-refractivity contribution < 1.29 is 13.2 Å². The van der Waals surface area contributed by atoms with E-state index in [1.165, 1.54) is 6.07 Å². The first-order chi connectivity index (χ1) is 21.7. The highest BCUT2D eigenvalue weighted by molar-refractivity contribution is 6.29. The summed E-state index contributed by atoms with van der Waals surface area (Å²) >= 11 is 0. The van der Waals surface area contributed by atoms with Gasteiger partial charge in [-0.3, -0.25) is 0 Å². The molecule has 0 bridgehead atoms. The van der Waals surface area contributed by atoms with Gasteiger partial charge in [0.25, 0.3) is 17.3 Å². The fraction of sp³-hybridized carbons (Fsp3) is 0. The lowest BCUT2D eigenvalue weighted by molar-refractivity contribution is 0.573. The number of halogens is 3. The minimum atomic E-state index is -1.33. The minimum absolute atomic E-state index is 0.316. The lowest BCUT2D eigenvalue weighted by atomic mass is 9.91. The zero-order valence-corrected chi connectivity index (χ0v) is 21.7. The van der Waals surface area contributed by atoms with Gasteiger partial charge in [-0.2, -0.15) is 29.3 Å². The number of rotatable bonds is 2. The third kappa shape index (κ3) is 4.01. The molecule has 5 rings (SSSR count). The number of nitriles is 4. The molecule has 12 nitrogen and oxygen atoms in total. The van der Waals surface area contributed by atoms with E-state index < -0.39 is 96.7 Å². The van der Waals surface area contributed by atoms with Gasteiger partial charge < -0.3 is 4.85 Å². The number of allylic oxidation sites excluding steroid dienone is 7. The molecule has 45 heavy (non-hydrogen) atoms. The lowest BCUT2D eigenvalue weighted by Gasteiger charge is -2.13. The molecule has 0 amide bonds. The molecule has 0 N–H and O–H groups in total. The van der Waals surface area contributed by atoms with Gasteiger partial charge in [-0.1, -0.05) is 0 Å². The van der Waals surface area contributed by atoms with Crippen LogP contribution in [0, 0.1) is 89.3 Å². The largest absolute Gasteiger partial charge is 0.394 e. The van der Waals surface area contributed by atoms with E-state index in [9.17, 15) is 15.8 Å². The van der Waals surface area contributed by atoms with Gasteiger partial charge in [-0.15, -0.1) is 11.6 Å². The Kier molecular flexibility index (Phi) is 6.85. The summed E-state index contributed by atoms with van der Waals surface area (Å²) in [6, 6.07) is 7.61. The molecule has 204 valence electrons. The molecule has 0 unspecified atom stereocenters. The minimum Gasteiger partial charge on any atom is -0.394 e. The van der Waals surface area contributed by atoms with Crippen molar-refractivity contribution in [1.82, 2.24) is 19.9 Å². The SMILES string of the molecule is [C-]#[N+]C1=C(c2cnc([N+]#[C-])nc2F)/C(=C(/C#N)[N+]#[C-])c2cc3c(c(F)c21)C(C#N)=C(c1cnc(C#N)nc1F)/C3=C(\C#N)[N+]#[C-]. The molecule has 2 heterocycles. The summed E-state index contributed by atoms with van der Waals surface area (Å²) in [5.41, 5.74) is -7.25. The Bertz CT molecular complexity index is 2250. The topological polar surface area (TPSA) is 164 Å². The summed E-state index contributed by atoms with van der Waals surface area (Å²) in [4.78, 5) is 26.8. The third-order valence-corrected chi connectivity index (χ3v) is 6.62. The summed E-state index contributed by atoms with van der Waals surface area (Å²) in [6.45, 7) is 30.0. The van der Waals surface area contributed by atoms with E-state index in [0.717, 1.165) is 18.5 Å². The van der Waals surface area contributed by atoms with Crippen molar-refractivity contribution >= 4 is 39.5 Å². The van der Waals surface area contributed by atoms with Gasteiger partial charge in [0.15, 0.2) is 0 Å². The highest BCUT2D eigenvalue weighted by Gasteiger charge is 2.42. The molecule has 3 aromatic rings. The Hall–Kier alpha value is -7.95. The Morgan fingerprint density at radius 2 is 1.27 bits per heavy atom. The summed E-state index contributed by atoms with van der Waals surface area (Å²) in [6.07, 6.45) is 1.65. The van der Waals surface area contributed by atoms with Crippen molar-refractivity contribution in [3.05, 3.63) is 132 Å². The number of benzene rings is 1. The second kappa shape index (κ2) is 10.8. The molecule has 0 saturated carbocycles. The van der Waals surface area contributed by atoms with Crippen LogP contribution in [0.5, 0.6) is 0 Å². The Morgan fingerprint density at radius 1 is 0.689 bits per heavy atom. The zero-order chi connectivity index (χ0) is 32.6. The molecule has 2 aromatic heterocycles. The molecule has 1 aromatic carbocycles. The van der Waals surface area contributed by atoms with Crippen LogP contribution in [0.25, 0.3) is 52.9 Å². The van der Waals surface area contributed by atoms with Crippen molar-refractivity contribution in [3.8, 4) is 24.3 Å². The predicted octanol–water partition coefficient (Wildman–Crippen LogP) is 5.66. The van der Waals surface area contributed by atoms with Crippen LogP contribution >= 0.6 is 0 Å². The second-order valence-corrected chi connectivity index (χ2v) is 8.62. The second-order valence-electron chi connectivity index (χ2n) is 8.62. The Labute approximate surface area is 250 Å². The van der Waals surface area contributed by atoms with Gasteiger partial charge in [0.1, 0.15) is 18.0 Å². The summed E-state index contributed by atoms with van der Waals surface area (Å²) in [5, 5.41) is 38.8. The van der Waals surface area contributed by atoms with Crippen molar-refractivity contribution in [2.75, 3.05) is 0 Å². The first kappa shape index (κ1) is 28.6. The number of hydrogen-bond donors (Lipinski definition) is 0. The van der Waals surface area contributed by atoms with Gasteiger partial charge in [-0.25, -0.2) is 34.4 Å². The molecular formula is C30H3F3N12. The average molecular weight is 588 g/mol. The van der Waals surface area contributed by atoms with Crippen LogP contribution < -0.4 is 0 Å². The van der Waals surface area contributed by atoms with E-state index in [1.54, 1.807) is 18.2 Å². The maximum absolute atomic E-state index is 16.8. The lowest BCUT2D eigenvalue weighted by Crippen LogP contribution is -2.01. The monoisotopic (exact) mass is 588 g/mol. The summed E-state index contributed by atoms with van der Waals surface area (Å²) in [5.74, 6) is -5.11. The number of nitrogens with zero attached hydrogens (tertiary/aromatic N) is 12. The standard InChI is InChI=1S/C30H3F3N12/c1-38-17(7-35)22-12-5-13-23(18(8-36)39-2)24(16-11-43-30(41-4)45-29(16)33)27(40-3)25(13)26(31)21(12)14(6-34)20(22)15-10-42-19(9-37)44-28(15)32/h5,10-11H/b22-17+,23-18-. The quantitative estimate of drug-likeness (QED) is 0.210. The average Bonchev–Trinajstić information content (AvgIpc) is 3.55. The maximum Gasteiger partial charge on any atom is 0.374 e. The van der Waals surface area contributed by atoms with Crippen LogP contribution in [0.3, 0.4) is 0 Å². The highest BCUT2D eigenvalue weighted by atomic mass is 19.1. The van der Waals surface area contributed by atoms with E-state index in [0.29, 0.717) is 0 Å². The van der Waals surface area contributed by atoms with Gasteiger partial charge in [0.2, 0.25) is 17.5 Å². The van der Waals surface area contributed by atoms with Crippen LogP contribution in [-0.4, -0.2) is 19.9 Å². The van der Waals surface area contributed by atoms with E-state index in [4.69, 9.17) is 31.6 Å². The molecule has 0 aliphatic heterocycles. The van der Waals surface area contributed by atoms with Gasteiger partial charge >= 0.3 is 5.95 Å². The van der Waals surface area contributed by atoms with Crippen LogP contribution in [0.4, 0.5) is 19.1 Å². The van der Waals surface area contributed by atoms with E-state index in [2.05, 4.69) is 39.3 Å². The molecule has 2 aliphatic rings. The fourth-order valence-corrected chi connectivity index (χ4v) is 4.96. The molecular weight excluding hydrogens is 585 g/mol. The third-order valence-electron chi connectivity index (χ3n) is 6.62. The molecule has 0 saturated heterocycles. The molecule has 2 aliphatic carbocycles. The number of fused-ring (bicyclic) bond motifs is 2. The summed E-state index contributed by atoms with van der Waals surface area (Å²) in [7, 11) is 0. The van der Waals surface area contributed by atoms with Crippen molar-refractivity contribution in [2.45, 2.75) is 0 Å². The first-order valence-electron chi connectivity index (χ1n) is 11.8. The number of aromatic nitrogens is 4. The van der Waals surface area contributed by atoms with Crippen molar-refractivity contribution in [3.63, 3.8) is 0 Å². The highest BCUT2D eigenvalue weighted by Crippen LogP contribution is 2.56. The van der Waals surface area contributed by atoms with E-state index in [-0.39, 0.29) is 11.1 Å². The molecule has 0 atom stereocenters. The van der Waals surface area contributed by atoms with Gasteiger partial charge in [-0.05, 0) is 28.3 Å². The maximum atomic E-state index is 16.8. The van der Waals surface area contributed by atoms with E-state index in [1.807, 2.05) is 0 Å².